The topological polar surface area (TPSA) is 56.1 Å². The molecule has 2 heterocycles. The Morgan fingerprint density at radius 1 is 1.39 bits per heavy atom. The van der Waals surface area contributed by atoms with Crippen molar-refractivity contribution in [3.63, 3.8) is 0 Å². The first-order valence-electron chi connectivity index (χ1n) is 8.23. The number of halogens is 4. The van der Waals surface area contributed by atoms with Crippen molar-refractivity contribution >= 4 is 61.9 Å². The molecule has 1 aliphatic rings. The van der Waals surface area contributed by atoms with E-state index in [-0.39, 0.29) is 11.7 Å². The van der Waals surface area contributed by atoms with Gasteiger partial charge < -0.3 is 14.6 Å². The molecule has 10 heteroatoms. The minimum atomic E-state index is -3.78. The summed E-state index contributed by atoms with van der Waals surface area (Å²) in [5.41, 5.74) is -1.22. The lowest BCUT2D eigenvalue weighted by Crippen LogP contribution is -2.15. The Labute approximate surface area is 176 Å². The normalized spacial score (nSPS) is 16.2. The molecule has 0 spiro atoms. The number of nitrogens with one attached hydrogen (secondary N) is 1. The van der Waals surface area contributed by atoms with Gasteiger partial charge in [0.05, 0.1) is 11.0 Å². The molecule has 0 bridgehead atoms. The first kappa shape index (κ1) is 19.5. The summed E-state index contributed by atoms with van der Waals surface area (Å²) in [5.74, 6) is 0.525. The van der Waals surface area contributed by atoms with E-state index in [0.29, 0.717) is 17.3 Å². The van der Waals surface area contributed by atoms with Crippen LogP contribution in [0.4, 0.5) is 14.5 Å². The van der Waals surface area contributed by atoms with Crippen LogP contribution in [0.5, 0.6) is 5.75 Å². The highest BCUT2D eigenvalue weighted by atomic mass is 79.9. The highest BCUT2D eigenvalue weighted by Crippen LogP contribution is 2.39. The first-order valence-corrected chi connectivity index (χ1v) is 10.4. The van der Waals surface area contributed by atoms with Crippen LogP contribution >= 0.6 is 39.3 Å². The summed E-state index contributed by atoms with van der Waals surface area (Å²) in [7, 11) is 0. The molecule has 3 aromatic rings. The SMILES string of the molecule is C[C@@H]1CSc2nc3cc(C(=O)Nc4ccc(OC(F)(F)Cl)cc4)cc(Br)c3n21. The van der Waals surface area contributed by atoms with Crippen molar-refractivity contribution < 1.29 is 18.3 Å². The molecule has 0 unspecified atom stereocenters. The van der Waals surface area contributed by atoms with Crippen LogP contribution in [-0.4, -0.2) is 26.8 Å². The molecule has 1 aliphatic heterocycles. The molecule has 1 amide bonds. The Morgan fingerprint density at radius 3 is 2.79 bits per heavy atom. The molecule has 5 nitrogen and oxygen atoms in total. The maximum atomic E-state index is 12.6. The van der Waals surface area contributed by atoms with Gasteiger partial charge in [0.25, 0.3) is 5.91 Å². The van der Waals surface area contributed by atoms with E-state index in [9.17, 15) is 13.6 Å². The third kappa shape index (κ3) is 3.83. The Morgan fingerprint density at radius 2 is 2.11 bits per heavy atom. The van der Waals surface area contributed by atoms with Crippen LogP contribution in [0.2, 0.25) is 0 Å². The summed E-state index contributed by atoms with van der Waals surface area (Å²) in [4.78, 5) is 17.2. The zero-order valence-corrected chi connectivity index (χ0v) is 17.5. The Kier molecular flexibility index (Phi) is 5.01. The van der Waals surface area contributed by atoms with E-state index in [2.05, 4.69) is 42.5 Å². The van der Waals surface area contributed by atoms with E-state index in [1.165, 1.54) is 24.3 Å². The number of benzene rings is 2. The molecule has 4 rings (SSSR count). The molecule has 1 N–H and O–H groups in total. The zero-order valence-electron chi connectivity index (χ0n) is 14.4. The number of alkyl halides is 3. The fourth-order valence-corrected chi connectivity index (χ4v) is 4.86. The number of imidazole rings is 1. The molecule has 146 valence electrons. The lowest BCUT2D eigenvalue weighted by molar-refractivity contribution is -0.0964. The van der Waals surface area contributed by atoms with E-state index >= 15 is 0 Å². The smallest absolute Gasteiger partial charge is 0.420 e. The average Bonchev–Trinajstić information content (AvgIpc) is 3.15. The second-order valence-electron chi connectivity index (χ2n) is 6.28. The van der Waals surface area contributed by atoms with Gasteiger partial charge in [-0.25, -0.2) is 4.98 Å². The number of carbonyl (C=O) groups excluding carboxylic acids is 1. The monoisotopic (exact) mass is 487 g/mol. The highest BCUT2D eigenvalue weighted by molar-refractivity contribution is 9.10. The second kappa shape index (κ2) is 7.20. The van der Waals surface area contributed by atoms with Gasteiger partial charge in [-0.05, 0) is 59.3 Å². The molecule has 0 radical (unpaired) electrons. The van der Waals surface area contributed by atoms with Gasteiger partial charge in [0, 0.05) is 39.1 Å². The van der Waals surface area contributed by atoms with Crippen LogP contribution in [-0.2, 0) is 0 Å². The summed E-state index contributed by atoms with van der Waals surface area (Å²) in [6.07, 6.45) is 0. The molecule has 28 heavy (non-hydrogen) atoms. The number of anilines is 1. The highest BCUT2D eigenvalue weighted by Gasteiger charge is 2.28. The van der Waals surface area contributed by atoms with Crippen LogP contribution in [0.3, 0.4) is 0 Å². The van der Waals surface area contributed by atoms with E-state index in [4.69, 9.17) is 11.6 Å². The lowest BCUT2D eigenvalue weighted by atomic mass is 10.1. The third-order valence-electron chi connectivity index (χ3n) is 4.21. The maximum Gasteiger partial charge on any atom is 0.487 e. The van der Waals surface area contributed by atoms with Gasteiger partial charge in [-0.3, -0.25) is 4.79 Å². The number of ether oxygens (including phenoxy) is 1. The van der Waals surface area contributed by atoms with Gasteiger partial charge in [-0.15, -0.1) is 8.78 Å². The Balaban J connectivity index is 1.56. The number of hydrogen-bond donors (Lipinski definition) is 1. The van der Waals surface area contributed by atoms with Crippen molar-refractivity contribution in [2.45, 2.75) is 23.7 Å². The van der Waals surface area contributed by atoms with Gasteiger partial charge in [0.2, 0.25) is 0 Å². The molecular weight excluding hydrogens is 476 g/mol. The number of hydrogen-bond acceptors (Lipinski definition) is 4. The Bertz CT molecular complexity index is 1070. The molecule has 0 aliphatic carbocycles. The third-order valence-corrected chi connectivity index (χ3v) is 6.09. The van der Waals surface area contributed by atoms with E-state index in [0.717, 1.165) is 26.4 Å². The second-order valence-corrected chi connectivity index (χ2v) is 8.56. The number of rotatable bonds is 4. The van der Waals surface area contributed by atoms with Crippen molar-refractivity contribution in [1.29, 1.82) is 0 Å². The van der Waals surface area contributed by atoms with Crippen molar-refractivity contribution in [1.82, 2.24) is 9.55 Å². The van der Waals surface area contributed by atoms with Gasteiger partial charge in [-0.2, -0.15) is 0 Å². The molecule has 0 saturated carbocycles. The maximum absolute atomic E-state index is 12.6. The van der Waals surface area contributed by atoms with Crippen molar-refractivity contribution in [3.05, 3.63) is 46.4 Å². The largest absolute Gasteiger partial charge is 0.487 e. The Hall–Kier alpha value is -1.84. The molecule has 1 atom stereocenters. The predicted octanol–water partition coefficient (Wildman–Crippen LogP) is 5.89. The minimum absolute atomic E-state index is 0.110. The van der Waals surface area contributed by atoms with Gasteiger partial charge in [0.15, 0.2) is 5.16 Å². The summed E-state index contributed by atoms with van der Waals surface area (Å²) in [6, 6.07) is 9.31. The summed E-state index contributed by atoms with van der Waals surface area (Å²) < 4.78 is 32.5. The van der Waals surface area contributed by atoms with Crippen molar-refractivity contribution in [2.24, 2.45) is 0 Å². The quantitative estimate of drug-likeness (QED) is 0.466. The number of nitrogens with zero attached hydrogens (tertiary/aromatic N) is 2. The van der Waals surface area contributed by atoms with E-state index in [1.54, 1.807) is 23.9 Å². The van der Waals surface area contributed by atoms with Crippen LogP contribution in [0.1, 0.15) is 23.3 Å². The molecule has 2 aromatic carbocycles. The van der Waals surface area contributed by atoms with Crippen molar-refractivity contribution in [3.8, 4) is 5.75 Å². The summed E-state index contributed by atoms with van der Waals surface area (Å²) in [6.45, 7) is 2.13. The van der Waals surface area contributed by atoms with Crippen LogP contribution in [0.15, 0.2) is 46.0 Å². The molecule has 1 aromatic heterocycles. The number of amides is 1. The number of carbonyl (C=O) groups is 1. The van der Waals surface area contributed by atoms with Crippen LogP contribution < -0.4 is 10.1 Å². The molecule has 0 saturated heterocycles. The molecule has 0 fully saturated rings. The number of thioether (sulfide) groups is 1. The van der Waals surface area contributed by atoms with E-state index in [1.807, 2.05) is 0 Å². The van der Waals surface area contributed by atoms with Crippen molar-refractivity contribution in [2.75, 3.05) is 11.1 Å². The number of aromatic nitrogens is 2. The van der Waals surface area contributed by atoms with E-state index < -0.39 is 5.57 Å². The summed E-state index contributed by atoms with van der Waals surface area (Å²) >= 11 is 9.97. The van der Waals surface area contributed by atoms with Crippen LogP contribution in [0, 0.1) is 0 Å². The van der Waals surface area contributed by atoms with Crippen LogP contribution in [0.25, 0.3) is 11.0 Å². The fourth-order valence-electron chi connectivity index (χ4n) is 3.02. The van der Waals surface area contributed by atoms with Gasteiger partial charge in [0.1, 0.15) is 5.75 Å². The van der Waals surface area contributed by atoms with Gasteiger partial charge in [-0.1, -0.05) is 11.8 Å². The van der Waals surface area contributed by atoms with Gasteiger partial charge >= 0.3 is 5.57 Å². The molecular formula is C18H13BrClF2N3O2S. The number of fused-ring (bicyclic) bond motifs is 3. The fraction of sp³-hybridized carbons (Fsp3) is 0.222. The summed E-state index contributed by atoms with van der Waals surface area (Å²) in [5, 5.41) is 3.66. The average molecular weight is 489 g/mol. The first-order chi connectivity index (χ1) is 13.2. The lowest BCUT2D eigenvalue weighted by Gasteiger charge is -2.12. The zero-order chi connectivity index (χ0) is 20.1. The predicted molar refractivity (Wildman–Crippen MR) is 109 cm³/mol. The standard InChI is InChI=1S/C18H13BrClF2N3O2S/c1-9-8-28-17-24-14-7-10(6-13(19)15(14)25(9)17)16(26)23-11-2-4-12(5-3-11)27-18(20,21)22/h2-7,9H,8H2,1H3,(H,23,26)/t9-/m1/s1. The minimum Gasteiger partial charge on any atom is -0.420 e.